The van der Waals surface area contributed by atoms with Crippen LogP contribution in [0.3, 0.4) is 0 Å². The smallest absolute Gasteiger partial charge is 0.119 e. The summed E-state index contributed by atoms with van der Waals surface area (Å²) in [5, 5.41) is 9.06. The third-order valence-electron chi connectivity index (χ3n) is 1.36. The highest BCUT2D eigenvalue weighted by atomic mass is 35.5. The van der Waals surface area contributed by atoms with Gasteiger partial charge in [0.05, 0.1) is 5.88 Å². The molecule has 0 fully saturated rings. The Morgan fingerprint density at radius 3 is 2.58 bits per heavy atom. The maximum absolute atomic E-state index is 9.06. The fourth-order valence-corrected chi connectivity index (χ4v) is 0.843. The molecule has 0 aliphatic heterocycles. The molecule has 1 rings (SSSR count). The molecular weight excluding hydrogens is 176 g/mol. The van der Waals surface area contributed by atoms with Crippen molar-refractivity contribution in [3.05, 3.63) is 30.3 Å². The van der Waals surface area contributed by atoms with Gasteiger partial charge in [0.2, 0.25) is 0 Å². The number of rotatable bonds is 4. The molecule has 1 atom stereocenters. The summed E-state index contributed by atoms with van der Waals surface area (Å²) < 4.78 is 5.22. The van der Waals surface area contributed by atoms with Crippen molar-refractivity contribution in [1.82, 2.24) is 0 Å². The van der Waals surface area contributed by atoms with Crippen molar-refractivity contribution in [2.75, 3.05) is 12.5 Å². The number of aliphatic hydroxyl groups excluding tert-OH is 1. The quantitative estimate of drug-likeness (QED) is 0.725. The lowest BCUT2D eigenvalue weighted by Crippen LogP contribution is -2.18. The number of benzene rings is 1. The van der Waals surface area contributed by atoms with E-state index in [2.05, 4.69) is 0 Å². The van der Waals surface area contributed by atoms with Gasteiger partial charge >= 0.3 is 0 Å². The third kappa shape index (κ3) is 3.11. The molecule has 0 spiro atoms. The van der Waals surface area contributed by atoms with Gasteiger partial charge in [-0.15, -0.1) is 11.6 Å². The van der Waals surface area contributed by atoms with E-state index in [9.17, 15) is 0 Å². The minimum atomic E-state index is -0.591. The van der Waals surface area contributed by atoms with Gasteiger partial charge < -0.3 is 9.84 Å². The number of halogens is 1. The van der Waals surface area contributed by atoms with Gasteiger partial charge in [-0.1, -0.05) is 18.2 Å². The Labute approximate surface area is 76.7 Å². The molecule has 2 nitrogen and oxygen atoms in total. The van der Waals surface area contributed by atoms with Crippen LogP contribution in [0.5, 0.6) is 5.75 Å². The number of hydrogen-bond acceptors (Lipinski definition) is 2. The van der Waals surface area contributed by atoms with Gasteiger partial charge in [0.25, 0.3) is 0 Å². The van der Waals surface area contributed by atoms with Crippen molar-refractivity contribution >= 4 is 11.6 Å². The minimum absolute atomic E-state index is 0.201. The zero-order valence-electron chi connectivity index (χ0n) is 6.61. The number of hydrogen-bond donors (Lipinski definition) is 1. The lowest BCUT2D eigenvalue weighted by molar-refractivity contribution is 0.125. The second kappa shape index (κ2) is 5.01. The lowest BCUT2D eigenvalue weighted by Gasteiger charge is -2.08. The van der Waals surface area contributed by atoms with Crippen molar-refractivity contribution in [2.24, 2.45) is 0 Å². The molecule has 0 saturated heterocycles. The van der Waals surface area contributed by atoms with Gasteiger partial charge in [-0.05, 0) is 12.1 Å². The molecular formula is C9H11ClO2. The molecule has 0 saturated carbocycles. The molecule has 0 aliphatic rings. The van der Waals surface area contributed by atoms with Gasteiger partial charge in [0, 0.05) is 0 Å². The van der Waals surface area contributed by atoms with E-state index in [0.717, 1.165) is 5.75 Å². The first-order chi connectivity index (χ1) is 5.83. The normalized spacial score (nSPS) is 12.5. The van der Waals surface area contributed by atoms with Crippen LogP contribution in [0.4, 0.5) is 0 Å². The van der Waals surface area contributed by atoms with E-state index >= 15 is 0 Å². The summed E-state index contributed by atoms with van der Waals surface area (Å²) in [6.45, 7) is 0.244. The summed E-state index contributed by atoms with van der Waals surface area (Å²) >= 11 is 5.39. The van der Waals surface area contributed by atoms with Crippen molar-refractivity contribution in [1.29, 1.82) is 0 Å². The van der Waals surface area contributed by atoms with Crippen LogP contribution in [0.1, 0.15) is 0 Å². The molecule has 1 N–H and O–H groups in total. The predicted molar refractivity (Wildman–Crippen MR) is 48.7 cm³/mol. The summed E-state index contributed by atoms with van der Waals surface area (Å²) in [6, 6.07) is 9.33. The van der Waals surface area contributed by atoms with E-state index in [1.54, 1.807) is 0 Å². The van der Waals surface area contributed by atoms with Crippen LogP contribution in [0.2, 0.25) is 0 Å². The molecule has 0 aromatic heterocycles. The van der Waals surface area contributed by atoms with Crippen LogP contribution in [0, 0.1) is 0 Å². The Kier molecular flexibility index (Phi) is 3.91. The van der Waals surface area contributed by atoms with E-state index in [1.165, 1.54) is 0 Å². The maximum atomic E-state index is 9.06. The van der Waals surface area contributed by atoms with E-state index in [0.29, 0.717) is 0 Å². The van der Waals surface area contributed by atoms with E-state index < -0.39 is 6.10 Å². The summed E-state index contributed by atoms with van der Waals surface area (Å²) in [5.41, 5.74) is 0. The largest absolute Gasteiger partial charge is 0.491 e. The maximum Gasteiger partial charge on any atom is 0.119 e. The molecule has 0 radical (unpaired) electrons. The Morgan fingerprint density at radius 2 is 2.00 bits per heavy atom. The number of aliphatic hydroxyl groups is 1. The molecule has 0 amide bonds. The molecule has 0 aliphatic carbocycles. The van der Waals surface area contributed by atoms with Crippen molar-refractivity contribution in [3.63, 3.8) is 0 Å². The number of ether oxygens (including phenoxy) is 1. The Morgan fingerprint density at radius 1 is 1.33 bits per heavy atom. The summed E-state index contributed by atoms with van der Waals surface area (Å²) in [6.07, 6.45) is -0.591. The number of para-hydroxylation sites is 1. The molecule has 1 aromatic carbocycles. The highest BCUT2D eigenvalue weighted by molar-refractivity contribution is 6.18. The second-order valence-electron chi connectivity index (χ2n) is 2.43. The third-order valence-corrected chi connectivity index (χ3v) is 1.72. The van der Waals surface area contributed by atoms with Crippen LogP contribution < -0.4 is 4.74 Å². The second-order valence-corrected chi connectivity index (χ2v) is 2.74. The Bertz CT molecular complexity index is 213. The molecule has 0 bridgehead atoms. The van der Waals surface area contributed by atoms with Crippen LogP contribution >= 0.6 is 11.6 Å². The van der Waals surface area contributed by atoms with Gasteiger partial charge in [-0.3, -0.25) is 0 Å². The van der Waals surface area contributed by atoms with Crippen molar-refractivity contribution in [2.45, 2.75) is 6.10 Å². The molecule has 3 heteroatoms. The van der Waals surface area contributed by atoms with Crippen molar-refractivity contribution < 1.29 is 9.84 Å². The standard InChI is InChI=1S/C9H11ClO2/c10-6-8(11)7-12-9-4-2-1-3-5-9/h1-5,8,11H,6-7H2/t8-/m1/s1. The Balaban J connectivity index is 2.33. The van der Waals surface area contributed by atoms with Gasteiger partial charge in [-0.2, -0.15) is 0 Å². The molecule has 66 valence electrons. The summed E-state index contributed by atoms with van der Waals surface area (Å²) in [4.78, 5) is 0. The predicted octanol–water partition coefficient (Wildman–Crippen LogP) is 1.67. The molecule has 0 heterocycles. The van der Waals surface area contributed by atoms with Gasteiger partial charge in [-0.25, -0.2) is 0 Å². The first kappa shape index (κ1) is 9.36. The van der Waals surface area contributed by atoms with E-state index in [1.807, 2.05) is 30.3 Å². The minimum Gasteiger partial charge on any atom is -0.491 e. The SMILES string of the molecule is O[C@H](CCl)COc1ccccc1. The van der Waals surface area contributed by atoms with E-state index in [4.69, 9.17) is 21.4 Å². The van der Waals surface area contributed by atoms with Crippen molar-refractivity contribution in [3.8, 4) is 5.75 Å². The summed E-state index contributed by atoms with van der Waals surface area (Å²) in [5.74, 6) is 0.953. The average Bonchev–Trinajstić information content (AvgIpc) is 2.16. The first-order valence-corrected chi connectivity index (χ1v) is 4.28. The van der Waals surface area contributed by atoms with Gasteiger partial charge in [0.15, 0.2) is 0 Å². The zero-order valence-corrected chi connectivity index (χ0v) is 7.37. The van der Waals surface area contributed by atoms with E-state index in [-0.39, 0.29) is 12.5 Å². The molecule has 1 aromatic rings. The number of alkyl halides is 1. The van der Waals surface area contributed by atoms with Gasteiger partial charge in [0.1, 0.15) is 18.5 Å². The zero-order chi connectivity index (χ0) is 8.81. The molecule has 0 unspecified atom stereocenters. The fourth-order valence-electron chi connectivity index (χ4n) is 0.754. The highest BCUT2D eigenvalue weighted by Crippen LogP contribution is 2.08. The van der Waals surface area contributed by atoms with Crippen LogP contribution in [0.15, 0.2) is 30.3 Å². The average molecular weight is 187 g/mol. The topological polar surface area (TPSA) is 29.5 Å². The Hall–Kier alpha value is -0.730. The van der Waals surface area contributed by atoms with Crippen LogP contribution in [-0.2, 0) is 0 Å². The highest BCUT2D eigenvalue weighted by Gasteiger charge is 2.01. The summed E-state index contributed by atoms with van der Waals surface area (Å²) in [7, 11) is 0. The first-order valence-electron chi connectivity index (χ1n) is 3.75. The van der Waals surface area contributed by atoms with Crippen LogP contribution in [0.25, 0.3) is 0 Å². The fraction of sp³-hybridized carbons (Fsp3) is 0.333. The lowest BCUT2D eigenvalue weighted by atomic mass is 10.3. The molecule has 12 heavy (non-hydrogen) atoms. The monoisotopic (exact) mass is 186 g/mol. The van der Waals surface area contributed by atoms with Crippen LogP contribution in [-0.4, -0.2) is 23.7 Å².